The molecule has 106 valence electrons. The number of phenolic OH excluding ortho intramolecular Hbond substituents is 2. The lowest BCUT2D eigenvalue weighted by atomic mass is 9.82. The highest BCUT2D eigenvalue weighted by molar-refractivity contribution is 6.44. The van der Waals surface area contributed by atoms with Crippen molar-refractivity contribution in [2.45, 2.75) is 0 Å². The molecular weight excluding hydrogens is 317 g/mol. The molecule has 4 N–H and O–H groups in total. The average molecular weight is 324 g/mol. The van der Waals surface area contributed by atoms with E-state index in [0.29, 0.717) is 0 Å². The first kappa shape index (κ1) is 13.7. The number of carbonyl (C=O) groups excluding carboxylic acids is 2. The largest absolute Gasteiger partial charge is 0.507 e. The maximum Gasteiger partial charge on any atom is 0.200 e. The number of anilines is 1. The molecule has 7 heteroatoms. The van der Waals surface area contributed by atoms with Crippen molar-refractivity contribution in [1.29, 1.82) is 0 Å². The minimum absolute atomic E-state index is 0.0275. The molecule has 0 unspecified atom stereocenters. The van der Waals surface area contributed by atoms with E-state index in [-0.39, 0.29) is 38.0 Å². The van der Waals surface area contributed by atoms with Gasteiger partial charge in [-0.05, 0) is 12.1 Å². The smallest absolute Gasteiger partial charge is 0.200 e. The summed E-state index contributed by atoms with van der Waals surface area (Å²) in [6.45, 7) is 0. The molecule has 0 saturated heterocycles. The maximum atomic E-state index is 12.5. The molecule has 0 aromatic heterocycles. The summed E-state index contributed by atoms with van der Waals surface area (Å²) in [5.74, 6) is -2.48. The van der Waals surface area contributed by atoms with Crippen LogP contribution in [0.2, 0.25) is 10.0 Å². The van der Waals surface area contributed by atoms with E-state index in [0.717, 1.165) is 6.07 Å². The van der Waals surface area contributed by atoms with E-state index in [1.165, 1.54) is 12.1 Å². The summed E-state index contributed by atoms with van der Waals surface area (Å²) in [7, 11) is 0. The van der Waals surface area contributed by atoms with E-state index in [9.17, 15) is 19.8 Å². The molecule has 3 rings (SSSR count). The van der Waals surface area contributed by atoms with Crippen molar-refractivity contribution in [2.75, 3.05) is 5.73 Å². The third kappa shape index (κ3) is 1.71. The number of halogens is 2. The van der Waals surface area contributed by atoms with E-state index in [2.05, 4.69) is 0 Å². The number of phenols is 2. The van der Waals surface area contributed by atoms with Crippen LogP contribution in [0.25, 0.3) is 0 Å². The molecule has 0 radical (unpaired) electrons. The van der Waals surface area contributed by atoms with Crippen molar-refractivity contribution in [3.05, 3.63) is 50.5 Å². The fourth-order valence-corrected chi connectivity index (χ4v) is 2.86. The van der Waals surface area contributed by atoms with E-state index in [1.54, 1.807) is 0 Å². The second-order valence-corrected chi connectivity index (χ2v) is 5.34. The zero-order chi connectivity index (χ0) is 15.5. The van der Waals surface area contributed by atoms with Crippen LogP contribution in [-0.4, -0.2) is 21.8 Å². The Morgan fingerprint density at radius 1 is 0.857 bits per heavy atom. The monoisotopic (exact) mass is 323 g/mol. The second kappa shape index (κ2) is 4.38. The zero-order valence-electron chi connectivity index (χ0n) is 10.3. The number of hydrogen-bond acceptors (Lipinski definition) is 5. The normalized spacial score (nSPS) is 13.0. The molecule has 1 aliphatic rings. The predicted octanol–water partition coefficient (Wildman–Crippen LogP) is 2.76. The lowest BCUT2D eigenvalue weighted by Gasteiger charge is -2.21. The van der Waals surface area contributed by atoms with E-state index in [1.807, 2.05) is 0 Å². The molecule has 2 aromatic rings. The number of nitrogens with two attached hydrogens (primary N) is 1. The van der Waals surface area contributed by atoms with E-state index < -0.39 is 23.1 Å². The third-order valence-electron chi connectivity index (χ3n) is 3.32. The van der Waals surface area contributed by atoms with Crippen molar-refractivity contribution in [3.63, 3.8) is 0 Å². The van der Waals surface area contributed by atoms with Crippen LogP contribution in [-0.2, 0) is 0 Å². The first-order valence-corrected chi connectivity index (χ1v) is 6.52. The quantitative estimate of drug-likeness (QED) is 0.335. The molecule has 0 saturated carbocycles. The van der Waals surface area contributed by atoms with Crippen LogP contribution >= 0.6 is 23.2 Å². The summed E-state index contributed by atoms with van der Waals surface area (Å²) < 4.78 is 0. The number of benzene rings is 2. The van der Waals surface area contributed by atoms with Gasteiger partial charge < -0.3 is 15.9 Å². The van der Waals surface area contributed by atoms with Crippen molar-refractivity contribution in [2.24, 2.45) is 0 Å². The van der Waals surface area contributed by atoms with Gasteiger partial charge in [0.1, 0.15) is 5.75 Å². The minimum Gasteiger partial charge on any atom is -0.507 e. The zero-order valence-corrected chi connectivity index (χ0v) is 11.8. The van der Waals surface area contributed by atoms with Gasteiger partial charge in [-0.3, -0.25) is 9.59 Å². The fourth-order valence-electron chi connectivity index (χ4n) is 2.38. The molecule has 0 fully saturated rings. The fraction of sp³-hybridized carbons (Fsp3) is 0. The Balaban J connectivity index is 2.47. The molecule has 0 amide bonds. The van der Waals surface area contributed by atoms with Crippen molar-refractivity contribution < 1.29 is 19.8 Å². The van der Waals surface area contributed by atoms with Crippen LogP contribution in [0.15, 0.2) is 18.2 Å². The average Bonchev–Trinajstić information content (AvgIpc) is 2.42. The molecule has 0 atom stereocenters. The Hall–Kier alpha value is -2.24. The molecular formula is C14H7Cl2NO4. The van der Waals surface area contributed by atoms with E-state index >= 15 is 0 Å². The number of nitrogen functional groups attached to an aromatic ring is 1. The summed E-state index contributed by atoms with van der Waals surface area (Å²) in [5.41, 5.74) is 4.39. The number of hydrogen-bond donors (Lipinski definition) is 3. The van der Waals surface area contributed by atoms with Gasteiger partial charge >= 0.3 is 0 Å². The number of aromatic hydroxyl groups is 2. The van der Waals surface area contributed by atoms with Gasteiger partial charge in [0.2, 0.25) is 0 Å². The lowest BCUT2D eigenvalue weighted by molar-refractivity contribution is 0.0974. The molecule has 21 heavy (non-hydrogen) atoms. The number of ketones is 2. The van der Waals surface area contributed by atoms with Crippen LogP contribution in [0.1, 0.15) is 31.8 Å². The first-order chi connectivity index (χ1) is 9.84. The van der Waals surface area contributed by atoms with Gasteiger partial charge in [-0.25, -0.2) is 0 Å². The molecule has 0 heterocycles. The van der Waals surface area contributed by atoms with Crippen LogP contribution < -0.4 is 5.73 Å². The summed E-state index contributed by atoms with van der Waals surface area (Å²) >= 11 is 11.9. The van der Waals surface area contributed by atoms with Gasteiger partial charge in [-0.2, -0.15) is 0 Å². The Labute approximate surface area is 128 Å². The van der Waals surface area contributed by atoms with Gasteiger partial charge in [0.25, 0.3) is 0 Å². The molecule has 1 aliphatic carbocycles. The van der Waals surface area contributed by atoms with Crippen LogP contribution in [0.5, 0.6) is 11.5 Å². The van der Waals surface area contributed by atoms with Crippen molar-refractivity contribution in [3.8, 4) is 11.5 Å². The van der Waals surface area contributed by atoms with Crippen LogP contribution in [0.4, 0.5) is 5.69 Å². The Morgan fingerprint density at radius 2 is 1.33 bits per heavy atom. The maximum absolute atomic E-state index is 12.5. The number of carbonyl (C=O) groups is 2. The summed E-state index contributed by atoms with van der Waals surface area (Å²) in [6, 6.07) is 3.76. The predicted molar refractivity (Wildman–Crippen MR) is 77.5 cm³/mol. The Bertz CT molecular complexity index is 846. The molecule has 5 nitrogen and oxygen atoms in total. The van der Waals surface area contributed by atoms with Gasteiger partial charge in [-0.1, -0.05) is 23.2 Å². The highest BCUT2D eigenvalue weighted by Gasteiger charge is 2.38. The highest BCUT2D eigenvalue weighted by atomic mass is 35.5. The summed E-state index contributed by atoms with van der Waals surface area (Å²) in [6.07, 6.45) is 0. The Kier molecular flexibility index (Phi) is 2.86. The minimum atomic E-state index is -0.716. The SMILES string of the molecule is Nc1cc(O)c2c(c1O)C(=O)c1c(Cl)ccc(Cl)c1C2=O. The van der Waals surface area contributed by atoms with Crippen molar-refractivity contribution >= 4 is 40.5 Å². The second-order valence-electron chi connectivity index (χ2n) is 4.52. The van der Waals surface area contributed by atoms with Gasteiger partial charge in [0.05, 0.1) is 38.0 Å². The van der Waals surface area contributed by atoms with Crippen LogP contribution in [0, 0.1) is 0 Å². The summed E-state index contributed by atoms with van der Waals surface area (Å²) in [4.78, 5) is 25.0. The standard InChI is InChI=1S/C14H7Cl2NO4/c15-4-1-2-5(16)9-8(4)13(20)10-7(18)3-6(17)12(19)11(10)14(9)21/h1-3,18-19H,17H2. The molecule has 0 bridgehead atoms. The van der Waals surface area contributed by atoms with Gasteiger partial charge in [0, 0.05) is 6.07 Å². The molecule has 0 spiro atoms. The number of rotatable bonds is 0. The molecule has 0 aliphatic heterocycles. The lowest BCUT2D eigenvalue weighted by Crippen LogP contribution is -2.22. The van der Waals surface area contributed by atoms with Gasteiger partial charge in [0.15, 0.2) is 17.3 Å². The van der Waals surface area contributed by atoms with Crippen LogP contribution in [0.3, 0.4) is 0 Å². The number of fused-ring (bicyclic) bond motifs is 2. The summed E-state index contributed by atoms with van der Waals surface area (Å²) in [5, 5.41) is 19.9. The van der Waals surface area contributed by atoms with Gasteiger partial charge in [-0.15, -0.1) is 0 Å². The molecule has 2 aromatic carbocycles. The van der Waals surface area contributed by atoms with Crippen molar-refractivity contribution in [1.82, 2.24) is 0 Å². The topological polar surface area (TPSA) is 101 Å². The third-order valence-corrected chi connectivity index (χ3v) is 3.95. The highest BCUT2D eigenvalue weighted by Crippen LogP contribution is 2.44. The first-order valence-electron chi connectivity index (χ1n) is 5.76. The Morgan fingerprint density at radius 3 is 1.86 bits per heavy atom. The van der Waals surface area contributed by atoms with E-state index in [4.69, 9.17) is 28.9 Å².